The van der Waals surface area contributed by atoms with E-state index in [1.54, 1.807) is 48.5 Å². The van der Waals surface area contributed by atoms with Crippen molar-refractivity contribution < 1.29 is 17.9 Å². The van der Waals surface area contributed by atoms with Crippen LogP contribution in [0.2, 0.25) is 0 Å². The normalized spacial score (nSPS) is 15.5. The number of nitrogens with zero attached hydrogens (tertiary/aromatic N) is 2. The van der Waals surface area contributed by atoms with Crippen molar-refractivity contribution >= 4 is 15.9 Å². The maximum Gasteiger partial charge on any atom is 0.253 e. The highest BCUT2D eigenvalue weighted by Gasteiger charge is 2.24. The Balaban J connectivity index is 1.83. The highest BCUT2D eigenvalue weighted by Crippen LogP contribution is 2.26. The first-order valence-corrected chi connectivity index (χ1v) is 11.2. The molecular weight excluding hydrogens is 388 g/mol. The van der Waals surface area contributed by atoms with E-state index in [2.05, 4.69) is 6.92 Å². The third-order valence-electron chi connectivity index (χ3n) is 5.44. The molecule has 1 aliphatic rings. The van der Waals surface area contributed by atoms with Crippen LogP contribution in [0.1, 0.15) is 35.7 Å². The second-order valence-electron chi connectivity index (χ2n) is 7.58. The molecule has 0 atom stereocenters. The molecule has 1 fully saturated rings. The zero-order valence-electron chi connectivity index (χ0n) is 17.2. The van der Waals surface area contributed by atoms with Crippen LogP contribution >= 0.6 is 0 Å². The summed E-state index contributed by atoms with van der Waals surface area (Å²) in [5.41, 5.74) is 1.21. The van der Waals surface area contributed by atoms with Gasteiger partial charge >= 0.3 is 0 Å². The number of hydrogen-bond acceptors (Lipinski definition) is 4. The summed E-state index contributed by atoms with van der Waals surface area (Å²) in [4.78, 5) is 15.0. The molecule has 0 saturated carbocycles. The maximum absolute atomic E-state index is 12.9. The van der Waals surface area contributed by atoms with E-state index in [9.17, 15) is 13.2 Å². The molecule has 0 aromatic heterocycles. The number of ether oxygens (including phenoxy) is 1. The summed E-state index contributed by atoms with van der Waals surface area (Å²) < 4.78 is 32.4. The summed E-state index contributed by atoms with van der Waals surface area (Å²) in [6.07, 6.45) is 2.01. The lowest BCUT2D eigenvalue weighted by molar-refractivity contribution is 0.0697. The average Bonchev–Trinajstić information content (AvgIpc) is 2.74. The highest BCUT2D eigenvalue weighted by atomic mass is 32.2. The molecule has 0 radical (unpaired) electrons. The number of carbonyl (C=O) groups excluding carboxylic acids is 1. The van der Waals surface area contributed by atoms with Crippen LogP contribution in [0.5, 0.6) is 5.75 Å². The summed E-state index contributed by atoms with van der Waals surface area (Å²) in [5.74, 6) is 1.18. The van der Waals surface area contributed by atoms with E-state index in [-0.39, 0.29) is 17.3 Å². The van der Waals surface area contributed by atoms with Gasteiger partial charge in [-0.15, -0.1) is 0 Å². The number of carbonyl (C=O) groups is 1. The van der Waals surface area contributed by atoms with Crippen LogP contribution in [0.4, 0.5) is 0 Å². The summed E-state index contributed by atoms with van der Waals surface area (Å²) >= 11 is 0. The van der Waals surface area contributed by atoms with Gasteiger partial charge in [0, 0.05) is 37.8 Å². The molecule has 0 spiro atoms. The molecular formula is C22H28N2O4S. The molecule has 6 nitrogen and oxygen atoms in total. The SMILES string of the molecule is COc1ccc(C(=O)N2CCC(C)CC2)cc1CN(C)S(=O)(=O)c1ccccc1. The van der Waals surface area contributed by atoms with Gasteiger partial charge in [0.2, 0.25) is 10.0 Å². The lowest BCUT2D eigenvalue weighted by atomic mass is 9.98. The molecule has 0 bridgehead atoms. The first kappa shape index (κ1) is 21.3. The van der Waals surface area contributed by atoms with Gasteiger partial charge in [0.25, 0.3) is 5.91 Å². The minimum absolute atomic E-state index is 0.0191. The third kappa shape index (κ3) is 4.79. The number of piperidine rings is 1. The number of sulfonamides is 1. The van der Waals surface area contributed by atoms with Gasteiger partial charge in [0.15, 0.2) is 0 Å². The molecule has 2 aromatic rings. The Labute approximate surface area is 173 Å². The largest absolute Gasteiger partial charge is 0.496 e. The molecule has 1 amide bonds. The van der Waals surface area contributed by atoms with Crippen LogP contribution in [0.25, 0.3) is 0 Å². The van der Waals surface area contributed by atoms with E-state index in [4.69, 9.17) is 4.74 Å². The summed E-state index contributed by atoms with van der Waals surface area (Å²) in [7, 11) is -0.570. The van der Waals surface area contributed by atoms with Crippen molar-refractivity contribution in [3.05, 3.63) is 59.7 Å². The lowest BCUT2D eigenvalue weighted by Crippen LogP contribution is -2.38. The number of methoxy groups -OCH3 is 1. The van der Waals surface area contributed by atoms with E-state index in [1.165, 1.54) is 18.5 Å². The molecule has 156 valence electrons. The van der Waals surface area contributed by atoms with Crippen LogP contribution in [0, 0.1) is 5.92 Å². The second-order valence-corrected chi connectivity index (χ2v) is 9.62. The van der Waals surface area contributed by atoms with Gasteiger partial charge in [0.05, 0.1) is 12.0 Å². The van der Waals surface area contributed by atoms with Crippen LogP contribution in [0.3, 0.4) is 0 Å². The van der Waals surface area contributed by atoms with E-state index in [0.29, 0.717) is 22.8 Å². The second kappa shape index (κ2) is 8.97. The van der Waals surface area contributed by atoms with Crippen molar-refractivity contribution in [2.45, 2.75) is 31.2 Å². The van der Waals surface area contributed by atoms with Gasteiger partial charge in [-0.25, -0.2) is 8.42 Å². The minimum atomic E-state index is -3.64. The first-order valence-electron chi connectivity index (χ1n) is 9.80. The van der Waals surface area contributed by atoms with Crippen molar-refractivity contribution in [1.29, 1.82) is 0 Å². The van der Waals surface area contributed by atoms with Gasteiger partial charge in [-0.2, -0.15) is 4.31 Å². The molecule has 1 saturated heterocycles. The summed E-state index contributed by atoms with van der Waals surface area (Å²) in [5, 5.41) is 0. The minimum Gasteiger partial charge on any atom is -0.496 e. The molecule has 1 aliphatic heterocycles. The molecule has 1 heterocycles. The highest BCUT2D eigenvalue weighted by molar-refractivity contribution is 7.89. The van der Waals surface area contributed by atoms with Crippen molar-refractivity contribution in [1.82, 2.24) is 9.21 Å². The third-order valence-corrected chi connectivity index (χ3v) is 7.26. The Kier molecular flexibility index (Phi) is 6.59. The Morgan fingerprint density at radius 2 is 1.79 bits per heavy atom. The molecule has 0 aliphatic carbocycles. The number of benzene rings is 2. The molecule has 3 rings (SSSR count). The molecule has 7 heteroatoms. The zero-order chi connectivity index (χ0) is 21.0. The number of likely N-dealkylation sites (tertiary alicyclic amines) is 1. The van der Waals surface area contributed by atoms with Gasteiger partial charge in [-0.1, -0.05) is 25.1 Å². The smallest absolute Gasteiger partial charge is 0.253 e. The van der Waals surface area contributed by atoms with Crippen LogP contribution < -0.4 is 4.74 Å². The van der Waals surface area contributed by atoms with Gasteiger partial charge in [0.1, 0.15) is 5.75 Å². The van der Waals surface area contributed by atoms with Crippen molar-refractivity contribution in [3.63, 3.8) is 0 Å². The van der Waals surface area contributed by atoms with Crippen molar-refractivity contribution in [2.24, 2.45) is 5.92 Å². The number of rotatable bonds is 6. The lowest BCUT2D eigenvalue weighted by Gasteiger charge is -2.30. The molecule has 29 heavy (non-hydrogen) atoms. The van der Waals surface area contributed by atoms with E-state index < -0.39 is 10.0 Å². The molecule has 0 N–H and O–H groups in total. The Bertz CT molecular complexity index is 952. The van der Waals surface area contributed by atoms with Crippen molar-refractivity contribution in [2.75, 3.05) is 27.2 Å². The molecule has 0 unspecified atom stereocenters. The van der Waals surface area contributed by atoms with Crippen molar-refractivity contribution in [3.8, 4) is 5.75 Å². The standard InChI is InChI=1S/C22H28N2O4S/c1-17-11-13-24(14-12-17)22(25)18-9-10-21(28-3)19(15-18)16-23(2)29(26,27)20-7-5-4-6-8-20/h4-10,15,17H,11-14,16H2,1-3H3. The van der Waals surface area contributed by atoms with Crippen LogP contribution in [-0.2, 0) is 16.6 Å². The Morgan fingerprint density at radius 3 is 2.41 bits per heavy atom. The number of amides is 1. The van der Waals surface area contributed by atoms with Gasteiger partial charge in [-0.3, -0.25) is 4.79 Å². The predicted molar refractivity (Wildman–Crippen MR) is 112 cm³/mol. The van der Waals surface area contributed by atoms with E-state index in [1.807, 2.05) is 4.90 Å². The topological polar surface area (TPSA) is 66.9 Å². The van der Waals surface area contributed by atoms with E-state index >= 15 is 0 Å². The number of hydrogen-bond donors (Lipinski definition) is 0. The van der Waals surface area contributed by atoms with E-state index in [0.717, 1.165) is 25.9 Å². The predicted octanol–water partition coefficient (Wildman–Crippen LogP) is 3.39. The van der Waals surface area contributed by atoms with Gasteiger partial charge < -0.3 is 9.64 Å². The fourth-order valence-electron chi connectivity index (χ4n) is 3.53. The first-order chi connectivity index (χ1) is 13.8. The van der Waals surface area contributed by atoms with Crippen LogP contribution in [-0.4, -0.2) is 50.8 Å². The quantitative estimate of drug-likeness (QED) is 0.724. The monoisotopic (exact) mass is 416 g/mol. The fourth-order valence-corrected chi connectivity index (χ4v) is 4.70. The Hall–Kier alpha value is -2.38. The van der Waals surface area contributed by atoms with Gasteiger partial charge in [-0.05, 0) is 49.1 Å². The summed E-state index contributed by atoms with van der Waals surface area (Å²) in [6.45, 7) is 3.82. The van der Waals surface area contributed by atoms with Crippen LogP contribution in [0.15, 0.2) is 53.4 Å². The molecule has 2 aromatic carbocycles. The Morgan fingerprint density at radius 1 is 1.14 bits per heavy atom. The average molecular weight is 417 g/mol. The zero-order valence-corrected chi connectivity index (χ0v) is 18.0. The fraction of sp³-hybridized carbons (Fsp3) is 0.409. The maximum atomic E-state index is 12.9. The summed E-state index contributed by atoms with van der Waals surface area (Å²) in [6, 6.07) is 13.5.